The van der Waals surface area contributed by atoms with Crippen molar-refractivity contribution in [1.29, 1.82) is 0 Å². The first-order valence-corrected chi connectivity index (χ1v) is 7.45. The molecule has 1 unspecified atom stereocenters. The van der Waals surface area contributed by atoms with E-state index in [1.165, 1.54) is 11.1 Å². The van der Waals surface area contributed by atoms with Crippen LogP contribution in [0.3, 0.4) is 0 Å². The molecule has 0 fully saturated rings. The van der Waals surface area contributed by atoms with Crippen molar-refractivity contribution in [3.63, 3.8) is 0 Å². The van der Waals surface area contributed by atoms with E-state index < -0.39 is 0 Å². The Kier molecular flexibility index (Phi) is 4.61. The van der Waals surface area contributed by atoms with Crippen molar-refractivity contribution in [2.45, 2.75) is 32.2 Å². The normalized spacial score (nSPS) is 12.7. The summed E-state index contributed by atoms with van der Waals surface area (Å²) in [6, 6.07) is 10.7. The van der Waals surface area contributed by atoms with E-state index >= 15 is 0 Å². The lowest BCUT2D eigenvalue weighted by atomic mass is 9.99. The van der Waals surface area contributed by atoms with Gasteiger partial charge in [-0.15, -0.1) is 11.3 Å². The molecule has 0 bridgehead atoms. The molecule has 2 rings (SSSR count). The highest BCUT2D eigenvalue weighted by Crippen LogP contribution is 2.31. The standard InChI is InChI=1S/C16H21NOS/c1-11(2)13-6-4-12(5-7-13)10-14(17)16-15(18-3)8-9-19-16/h4-9,11,14H,10,17H2,1-3H3. The highest BCUT2D eigenvalue weighted by molar-refractivity contribution is 7.10. The third-order valence-corrected chi connectivity index (χ3v) is 4.35. The van der Waals surface area contributed by atoms with E-state index in [-0.39, 0.29) is 6.04 Å². The van der Waals surface area contributed by atoms with Crippen LogP contribution in [0, 0.1) is 0 Å². The Morgan fingerprint density at radius 2 is 1.84 bits per heavy atom. The molecule has 2 nitrogen and oxygen atoms in total. The molecule has 102 valence electrons. The number of benzene rings is 1. The van der Waals surface area contributed by atoms with Crippen molar-refractivity contribution in [3.05, 3.63) is 51.7 Å². The lowest BCUT2D eigenvalue weighted by molar-refractivity contribution is 0.409. The van der Waals surface area contributed by atoms with Crippen LogP contribution in [0.1, 0.15) is 41.8 Å². The highest BCUT2D eigenvalue weighted by Gasteiger charge is 2.14. The van der Waals surface area contributed by atoms with Crippen molar-refractivity contribution >= 4 is 11.3 Å². The van der Waals surface area contributed by atoms with Crippen LogP contribution in [0.15, 0.2) is 35.7 Å². The second-order valence-electron chi connectivity index (χ2n) is 5.06. The summed E-state index contributed by atoms with van der Waals surface area (Å²) in [5.74, 6) is 1.47. The predicted octanol–water partition coefficient (Wildman–Crippen LogP) is 4.12. The average molecular weight is 275 g/mol. The summed E-state index contributed by atoms with van der Waals surface area (Å²) in [6.07, 6.45) is 0.843. The molecular formula is C16H21NOS. The molecule has 3 heteroatoms. The van der Waals surface area contributed by atoms with Crippen molar-refractivity contribution in [3.8, 4) is 5.75 Å². The number of nitrogens with two attached hydrogens (primary N) is 1. The van der Waals surface area contributed by atoms with Gasteiger partial charge in [-0.2, -0.15) is 0 Å². The molecule has 0 amide bonds. The molecule has 0 saturated heterocycles. The van der Waals surface area contributed by atoms with Crippen molar-refractivity contribution in [1.82, 2.24) is 0 Å². The van der Waals surface area contributed by atoms with Crippen LogP contribution in [0.4, 0.5) is 0 Å². The van der Waals surface area contributed by atoms with Crippen LogP contribution in [0.2, 0.25) is 0 Å². The van der Waals surface area contributed by atoms with Crippen molar-refractivity contribution in [2.75, 3.05) is 7.11 Å². The molecule has 0 saturated carbocycles. The summed E-state index contributed by atoms with van der Waals surface area (Å²) in [6.45, 7) is 4.41. The monoisotopic (exact) mass is 275 g/mol. The minimum absolute atomic E-state index is 0.000139. The molecule has 2 N–H and O–H groups in total. The first kappa shape index (κ1) is 14.1. The molecular weight excluding hydrogens is 254 g/mol. The summed E-state index contributed by atoms with van der Waals surface area (Å²) in [7, 11) is 1.69. The third kappa shape index (κ3) is 3.37. The van der Waals surface area contributed by atoms with E-state index in [1.807, 2.05) is 11.4 Å². The summed E-state index contributed by atoms with van der Waals surface area (Å²) < 4.78 is 5.33. The van der Waals surface area contributed by atoms with Crippen LogP contribution < -0.4 is 10.5 Å². The second kappa shape index (κ2) is 6.22. The zero-order valence-electron chi connectivity index (χ0n) is 11.7. The largest absolute Gasteiger partial charge is 0.496 e. The van der Waals surface area contributed by atoms with Crippen molar-refractivity contribution < 1.29 is 4.74 Å². The van der Waals surface area contributed by atoms with Gasteiger partial charge in [0.25, 0.3) is 0 Å². The van der Waals surface area contributed by atoms with E-state index in [0.717, 1.165) is 17.0 Å². The Morgan fingerprint density at radius 3 is 2.42 bits per heavy atom. The topological polar surface area (TPSA) is 35.2 Å². The minimum Gasteiger partial charge on any atom is -0.496 e. The van der Waals surface area contributed by atoms with E-state index in [1.54, 1.807) is 18.4 Å². The van der Waals surface area contributed by atoms with Gasteiger partial charge in [-0.1, -0.05) is 38.1 Å². The molecule has 0 spiro atoms. The van der Waals surface area contributed by atoms with Gasteiger partial charge in [-0.3, -0.25) is 0 Å². The van der Waals surface area contributed by atoms with Crippen LogP contribution in [-0.4, -0.2) is 7.11 Å². The maximum Gasteiger partial charge on any atom is 0.134 e. The SMILES string of the molecule is COc1ccsc1C(N)Cc1ccc(C(C)C)cc1. The molecule has 19 heavy (non-hydrogen) atoms. The first-order chi connectivity index (χ1) is 9.11. The zero-order valence-corrected chi connectivity index (χ0v) is 12.5. The maximum absolute atomic E-state index is 6.28. The van der Waals surface area contributed by atoms with Gasteiger partial charge in [0.15, 0.2) is 0 Å². The summed E-state index contributed by atoms with van der Waals surface area (Å²) in [5, 5.41) is 2.02. The predicted molar refractivity (Wildman–Crippen MR) is 82.0 cm³/mol. The smallest absolute Gasteiger partial charge is 0.134 e. The van der Waals surface area contributed by atoms with Gasteiger partial charge in [-0.05, 0) is 34.9 Å². The third-order valence-electron chi connectivity index (χ3n) is 3.32. The van der Waals surface area contributed by atoms with Gasteiger partial charge < -0.3 is 10.5 Å². The Bertz CT molecular complexity index is 516. The van der Waals surface area contributed by atoms with E-state index in [0.29, 0.717) is 5.92 Å². The number of methoxy groups -OCH3 is 1. The van der Waals surface area contributed by atoms with E-state index in [4.69, 9.17) is 10.5 Å². The average Bonchev–Trinajstić information content (AvgIpc) is 2.87. The van der Waals surface area contributed by atoms with Gasteiger partial charge in [0.2, 0.25) is 0 Å². The number of hydrogen-bond donors (Lipinski definition) is 1. The minimum atomic E-state index is -0.000139. The molecule has 0 aliphatic heterocycles. The van der Waals surface area contributed by atoms with Gasteiger partial charge in [0, 0.05) is 6.04 Å². The first-order valence-electron chi connectivity index (χ1n) is 6.57. The fraction of sp³-hybridized carbons (Fsp3) is 0.375. The Hall–Kier alpha value is -1.32. The lowest BCUT2D eigenvalue weighted by Gasteiger charge is -2.13. The van der Waals surface area contributed by atoms with Crippen LogP contribution in [0.25, 0.3) is 0 Å². The summed E-state index contributed by atoms with van der Waals surface area (Å²) in [5.41, 5.74) is 8.91. The summed E-state index contributed by atoms with van der Waals surface area (Å²) >= 11 is 1.66. The quantitative estimate of drug-likeness (QED) is 0.890. The fourth-order valence-corrected chi connectivity index (χ4v) is 3.00. The molecule has 0 aliphatic carbocycles. The van der Waals surface area contributed by atoms with Crippen LogP contribution >= 0.6 is 11.3 Å². The number of ether oxygens (including phenoxy) is 1. The van der Waals surface area contributed by atoms with Gasteiger partial charge >= 0.3 is 0 Å². The number of hydrogen-bond acceptors (Lipinski definition) is 3. The molecule has 0 radical (unpaired) electrons. The molecule has 1 atom stereocenters. The molecule has 1 aromatic heterocycles. The van der Waals surface area contributed by atoms with Crippen LogP contribution in [-0.2, 0) is 6.42 Å². The van der Waals surface area contributed by atoms with E-state index in [9.17, 15) is 0 Å². The Balaban J connectivity index is 2.08. The molecule has 1 aromatic carbocycles. The lowest BCUT2D eigenvalue weighted by Crippen LogP contribution is -2.12. The van der Waals surface area contributed by atoms with Crippen LogP contribution in [0.5, 0.6) is 5.75 Å². The Labute approximate surface area is 119 Å². The van der Waals surface area contributed by atoms with Gasteiger partial charge in [0.05, 0.1) is 12.0 Å². The fourth-order valence-electron chi connectivity index (χ4n) is 2.13. The van der Waals surface area contributed by atoms with E-state index in [2.05, 4.69) is 38.1 Å². The molecule has 2 aromatic rings. The summed E-state index contributed by atoms with van der Waals surface area (Å²) in [4.78, 5) is 1.12. The highest BCUT2D eigenvalue weighted by atomic mass is 32.1. The second-order valence-corrected chi connectivity index (χ2v) is 6.01. The molecule has 1 heterocycles. The molecule has 0 aliphatic rings. The maximum atomic E-state index is 6.28. The number of rotatable bonds is 5. The zero-order chi connectivity index (χ0) is 13.8. The number of thiophene rings is 1. The Morgan fingerprint density at radius 1 is 1.16 bits per heavy atom. The van der Waals surface area contributed by atoms with Crippen molar-refractivity contribution in [2.24, 2.45) is 5.73 Å². The van der Waals surface area contributed by atoms with Gasteiger partial charge in [-0.25, -0.2) is 0 Å². The van der Waals surface area contributed by atoms with Gasteiger partial charge in [0.1, 0.15) is 5.75 Å².